The van der Waals surface area contributed by atoms with Gasteiger partial charge in [-0.25, -0.2) is 9.99 Å². The van der Waals surface area contributed by atoms with Crippen molar-refractivity contribution >= 4 is 17.4 Å². The zero-order chi connectivity index (χ0) is 15.0. The van der Waals surface area contributed by atoms with E-state index in [0.717, 1.165) is 36.5 Å². The second-order valence-electron chi connectivity index (χ2n) is 5.09. The first kappa shape index (κ1) is 14.0. The quantitative estimate of drug-likeness (QED) is 0.642. The molecule has 7 nitrogen and oxygen atoms in total. The van der Waals surface area contributed by atoms with E-state index in [1.807, 2.05) is 10.9 Å². The Labute approximate surface area is 127 Å². The summed E-state index contributed by atoms with van der Waals surface area (Å²) in [4.78, 5) is 17.0. The van der Waals surface area contributed by atoms with Gasteiger partial charge in [-0.05, 0) is 13.1 Å². The lowest BCUT2D eigenvalue weighted by molar-refractivity contribution is 0.259. The van der Waals surface area contributed by atoms with Crippen LogP contribution in [0, 0.1) is 4.91 Å². The largest absolute Gasteiger partial charge is 0.299 e. The van der Waals surface area contributed by atoms with Gasteiger partial charge in [0.1, 0.15) is 0 Å². The highest BCUT2D eigenvalue weighted by Gasteiger charge is 2.21. The van der Waals surface area contributed by atoms with Crippen molar-refractivity contribution in [1.82, 2.24) is 19.7 Å². The molecule has 0 saturated carbocycles. The van der Waals surface area contributed by atoms with Gasteiger partial charge < -0.3 is 0 Å². The molecule has 21 heavy (non-hydrogen) atoms. The number of hydrogen-bond donors (Lipinski definition) is 0. The van der Waals surface area contributed by atoms with E-state index in [4.69, 9.17) is 11.6 Å². The van der Waals surface area contributed by atoms with Gasteiger partial charge in [0.15, 0.2) is 5.82 Å². The van der Waals surface area contributed by atoms with Crippen molar-refractivity contribution in [1.29, 1.82) is 0 Å². The molecule has 0 bridgehead atoms. The minimum absolute atomic E-state index is 0.452. The average molecular weight is 307 g/mol. The Hall–Kier alpha value is -1.99. The summed E-state index contributed by atoms with van der Waals surface area (Å²) in [5.74, 6) is 0.452. The smallest absolute Gasteiger partial charge is 0.152 e. The molecule has 2 aromatic rings. The number of nitroso groups, excluding NO2 is 1. The summed E-state index contributed by atoms with van der Waals surface area (Å²) >= 11 is 6.27. The molecule has 0 radical (unpaired) electrons. The maximum absolute atomic E-state index is 10.6. The molecule has 0 saturated heterocycles. The topological polar surface area (TPSA) is 66.6 Å². The molecule has 0 aromatic carbocycles. The van der Waals surface area contributed by atoms with Crippen molar-refractivity contribution in [2.75, 3.05) is 25.6 Å². The molecule has 0 atom stereocenters. The van der Waals surface area contributed by atoms with Crippen LogP contribution in [0.1, 0.15) is 5.69 Å². The van der Waals surface area contributed by atoms with Crippen LogP contribution in [0.2, 0.25) is 5.02 Å². The first-order valence-corrected chi connectivity index (χ1v) is 6.94. The van der Waals surface area contributed by atoms with Gasteiger partial charge in [0.05, 0.1) is 28.7 Å². The molecule has 3 rings (SSSR count). The number of likely N-dealkylation sites (N-methyl/N-ethyl adjacent to an activating group) is 1. The standard InChI is InChI=1S/C13H15ClN6O/c1-18-3-4-20-12(8-18)10(6-16-20)9-5-13(19(2)17-21)15-7-11(9)14/h5-7H,3-4,8H2,1-2H3. The third-order valence-electron chi connectivity index (χ3n) is 3.65. The van der Waals surface area contributed by atoms with Gasteiger partial charge in [-0.3, -0.25) is 9.58 Å². The van der Waals surface area contributed by atoms with Gasteiger partial charge in [0.25, 0.3) is 0 Å². The summed E-state index contributed by atoms with van der Waals surface area (Å²) in [6, 6.07) is 1.76. The van der Waals surface area contributed by atoms with Crippen LogP contribution >= 0.6 is 11.6 Å². The number of aromatic nitrogens is 3. The Balaban J connectivity index is 2.08. The molecular formula is C13H15ClN6O. The van der Waals surface area contributed by atoms with Crippen LogP contribution < -0.4 is 5.01 Å². The number of nitrogens with zero attached hydrogens (tertiary/aromatic N) is 6. The van der Waals surface area contributed by atoms with Crippen molar-refractivity contribution in [3.05, 3.63) is 34.1 Å². The second-order valence-corrected chi connectivity index (χ2v) is 5.50. The molecule has 0 N–H and O–H groups in total. The predicted molar refractivity (Wildman–Crippen MR) is 81.0 cm³/mol. The third kappa shape index (κ3) is 2.50. The van der Waals surface area contributed by atoms with E-state index in [2.05, 4.69) is 27.3 Å². The molecule has 0 fully saturated rings. The van der Waals surface area contributed by atoms with Gasteiger partial charge in [0.2, 0.25) is 0 Å². The van der Waals surface area contributed by atoms with Crippen LogP contribution in [0.25, 0.3) is 11.1 Å². The van der Waals surface area contributed by atoms with E-state index in [-0.39, 0.29) is 0 Å². The zero-order valence-corrected chi connectivity index (χ0v) is 12.6. The lowest BCUT2D eigenvalue weighted by atomic mass is 10.1. The van der Waals surface area contributed by atoms with Gasteiger partial charge in [0, 0.05) is 37.5 Å². The lowest BCUT2D eigenvalue weighted by Crippen LogP contribution is -2.30. The van der Waals surface area contributed by atoms with Gasteiger partial charge >= 0.3 is 0 Å². The predicted octanol–water partition coefficient (Wildman–Crippen LogP) is 2.16. The number of anilines is 1. The molecule has 0 unspecified atom stereocenters. The first-order valence-electron chi connectivity index (χ1n) is 6.56. The fraction of sp³-hybridized carbons (Fsp3) is 0.385. The molecule has 2 aromatic heterocycles. The maximum Gasteiger partial charge on any atom is 0.152 e. The Morgan fingerprint density at radius 2 is 2.14 bits per heavy atom. The van der Waals surface area contributed by atoms with E-state index >= 15 is 0 Å². The van der Waals surface area contributed by atoms with E-state index in [1.54, 1.807) is 13.1 Å². The van der Waals surface area contributed by atoms with Gasteiger partial charge in [-0.2, -0.15) is 5.10 Å². The highest BCUT2D eigenvalue weighted by atomic mass is 35.5. The molecule has 0 spiro atoms. The van der Waals surface area contributed by atoms with Gasteiger partial charge in [-0.15, -0.1) is 4.91 Å². The average Bonchev–Trinajstić information content (AvgIpc) is 2.90. The molecule has 110 valence electrons. The van der Waals surface area contributed by atoms with Crippen molar-refractivity contribution in [2.24, 2.45) is 5.29 Å². The van der Waals surface area contributed by atoms with Crippen LogP contribution in [-0.2, 0) is 13.1 Å². The van der Waals surface area contributed by atoms with Crippen LogP contribution in [-0.4, -0.2) is 40.3 Å². The van der Waals surface area contributed by atoms with E-state index in [1.165, 1.54) is 11.2 Å². The minimum atomic E-state index is 0.452. The second kappa shape index (κ2) is 5.42. The summed E-state index contributed by atoms with van der Waals surface area (Å²) in [6.45, 7) is 2.64. The minimum Gasteiger partial charge on any atom is -0.299 e. The highest BCUT2D eigenvalue weighted by molar-refractivity contribution is 6.33. The summed E-state index contributed by atoms with van der Waals surface area (Å²) in [5, 5.41) is 8.97. The van der Waals surface area contributed by atoms with Crippen LogP contribution in [0.5, 0.6) is 0 Å². The molecule has 3 heterocycles. The molecule has 1 aliphatic heterocycles. The number of hydrogen-bond acceptors (Lipinski definition) is 5. The van der Waals surface area contributed by atoms with Crippen LogP contribution in [0.4, 0.5) is 5.82 Å². The van der Waals surface area contributed by atoms with E-state index in [0.29, 0.717) is 10.8 Å². The summed E-state index contributed by atoms with van der Waals surface area (Å²) < 4.78 is 1.99. The summed E-state index contributed by atoms with van der Waals surface area (Å²) in [5.41, 5.74) is 2.90. The fourth-order valence-corrected chi connectivity index (χ4v) is 2.65. The van der Waals surface area contributed by atoms with Crippen molar-refractivity contribution in [3.63, 3.8) is 0 Å². The van der Waals surface area contributed by atoms with Crippen molar-refractivity contribution in [2.45, 2.75) is 13.1 Å². The van der Waals surface area contributed by atoms with Crippen molar-refractivity contribution in [3.8, 4) is 11.1 Å². The molecule has 1 aliphatic rings. The maximum atomic E-state index is 10.6. The SMILES string of the molecule is CN1CCn2ncc(-c3cc(N(C)N=O)ncc3Cl)c2C1. The normalized spacial score (nSPS) is 14.8. The monoisotopic (exact) mass is 306 g/mol. The van der Waals surface area contributed by atoms with Crippen LogP contribution in [0.3, 0.4) is 0 Å². The van der Waals surface area contributed by atoms with E-state index in [9.17, 15) is 4.91 Å². The van der Waals surface area contributed by atoms with Crippen LogP contribution in [0.15, 0.2) is 23.7 Å². The Kier molecular flexibility index (Phi) is 3.60. The molecule has 0 amide bonds. The third-order valence-corrected chi connectivity index (χ3v) is 3.95. The zero-order valence-electron chi connectivity index (χ0n) is 11.8. The lowest BCUT2D eigenvalue weighted by Gasteiger charge is -2.24. The van der Waals surface area contributed by atoms with Gasteiger partial charge in [-0.1, -0.05) is 11.6 Å². The summed E-state index contributed by atoms with van der Waals surface area (Å²) in [7, 11) is 3.62. The fourth-order valence-electron chi connectivity index (χ4n) is 2.45. The summed E-state index contributed by atoms with van der Waals surface area (Å²) in [6.07, 6.45) is 3.35. The Bertz CT molecular complexity index is 685. The number of fused-ring (bicyclic) bond motifs is 1. The number of pyridine rings is 1. The van der Waals surface area contributed by atoms with E-state index < -0.39 is 0 Å². The Morgan fingerprint density at radius 1 is 1.33 bits per heavy atom. The molecule has 0 aliphatic carbocycles. The number of halogens is 1. The Morgan fingerprint density at radius 3 is 2.90 bits per heavy atom. The van der Waals surface area contributed by atoms with Crippen molar-refractivity contribution < 1.29 is 0 Å². The molecular weight excluding hydrogens is 292 g/mol. The number of rotatable bonds is 3. The first-order chi connectivity index (χ1) is 10.1. The molecule has 8 heteroatoms. The highest BCUT2D eigenvalue weighted by Crippen LogP contribution is 2.33.